The van der Waals surface area contributed by atoms with Crippen LogP contribution in [0, 0.1) is 227 Å². The molecule has 10 rings (SSSR count). The largest absolute Gasteiger partial charge is 0.207 e. The number of halogens is 18. The van der Waals surface area contributed by atoms with E-state index >= 15 is 0 Å². The molecule has 0 amide bonds. The van der Waals surface area contributed by atoms with E-state index in [2.05, 4.69) is 39.8 Å². The smallest absolute Gasteiger partial charge is 0.165 e. The summed E-state index contributed by atoms with van der Waals surface area (Å²) in [5, 5.41) is 0. The summed E-state index contributed by atoms with van der Waals surface area (Å²) in [5.41, 5.74) is 6.82. The first-order valence-corrected chi connectivity index (χ1v) is 31.4. The van der Waals surface area contributed by atoms with Crippen LogP contribution in [0.15, 0.2) is 108 Å². The van der Waals surface area contributed by atoms with E-state index in [1.807, 2.05) is 26.0 Å². The molecule has 2 atom stereocenters. The molecule has 0 aliphatic heterocycles. The number of hydrogen-bond acceptors (Lipinski definition) is 0. The van der Waals surface area contributed by atoms with Crippen LogP contribution in [0.25, 0.3) is 0 Å². The van der Waals surface area contributed by atoms with E-state index in [9.17, 15) is 79.0 Å². The van der Waals surface area contributed by atoms with Crippen LogP contribution in [0.2, 0.25) is 0 Å². The molecule has 0 heterocycles. The number of benzene rings is 8. The van der Waals surface area contributed by atoms with Crippen LogP contribution in [0.5, 0.6) is 0 Å². The Labute approximate surface area is 567 Å². The predicted molar refractivity (Wildman–Crippen MR) is 360 cm³/mol. The molecule has 0 saturated carbocycles. The Morgan fingerprint density at radius 3 is 0.673 bits per heavy atom. The molecule has 0 bridgehead atoms. The molecule has 8 aromatic carbocycles. The van der Waals surface area contributed by atoms with E-state index in [-0.39, 0.29) is 45.0 Å². The van der Waals surface area contributed by atoms with Gasteiger partial charge in [0.1, 0.15) is 46.5 Å². The van der Waals surface area contributed by atoms with Crippen molar-refractivity contribution >= 4 is 0 Å². The van der Waals surface area contributed by atoms with E-state index in [0.717, 1.165) is 48.9 Å². The third kappa shape index (κ3) is 29.2. The second-order valence-corrected chi connectivity index (χ2v) is 24.8. The summed E-state index contributed by atoms with van der Waals surface area (Å²) in [6.07, 6.45) is 12.8. The molecule has 0 saturated heterocycles. The fourth-order valence-corrected chi connectivity index (χ4v) is 8.33. The van der Waals surface area contributed by atoms with E-state index < -0.39 is 104 Å². The molecular formula is C80H90F18. The van der Waals surface area contributed by atoms with Gasteiger partial charge < -0.3 is 0 Å². The predicted octanol–water partition coefficient (Wildman–Crippen LogP) is 26.4. The summed E-state index contributed by atoms with van der Waals surface area (Å²) in [5.74, 6) is -12.6. The van der Waals surface area contributed by atoms with Crippen molar-refractivity contribution in [2.24, 2.45) is 11.8 Å². The lowest BCUT2D eigenvalue weighted by Crippen LogP contribution is -2.02. The summed E-state index contributed by atoms with van der Waals surface area (Å²) >= 11 is 0. The molecule has 18 heteroatoms. The standard InChI is InChI=1S/C8H6F4.2C8H7F3.3C8H8F2.2C8H9F.2C8H14/c1-3-5(9)7(11)4(2)8(12)6(3)10;2*1-4-3-6(9)5(2)8(11)7(4)10;2*1-5-3-7(9)6(2)8(10)4-5;1-5-3-4-6(2)8(10)7(5)9;2*1-6-3-4-7(2)8(9)5-6;2*1-7-3-5-8(2)6-4-7/h1-2H3;2*3H,1-2H3;3*3-4H,1-2H3;2*3-5H,1-2H3;2*3,8H,4-6H2,1-2H3. The minimum atomic E-state index is -1.33. The van der Waals surface area contributed by atoms with Crippen molar-refractivity contribution in [1.82, 2.24) is 0 Å². The maximum atomic E-state index is 12.7. The van der Waals surface area contributed by atoms with E-state index in [1.54, 1.807) is 63.1 Å². The van der Waals surface area contributed by atoms with Crippen molar-refractivity contribution in [3.05, 3.63) is 302 Å². The molecule has 2 aliphatic carbocycles. The lowest BCUT2D eigenvalue weighted by Gasteiger charge is -2.14. The number of hydrogen-bond donors (Lipinski definition) is 0. The maximum absolute atomic E-state index is 12.7. The summed E-state index contributed by atoms with van der Waals surface area (Å²) in [4.78, 5) is 0. The third-order valence-electron chi connectivity index (χ3n) is 15.6. The molecule has 0 spiro atoms. The van der Waals surface area contributed by atoms with E-state index in [4.69, 9.17) is 0 Å². The summed E-state index contributed by atoms with van der Waals surface area (Å²) in [6, 6.07) is 20.8. The Balaban J connectivity index is 0.000000546. The Morgan fingerprint density at radius 1 is 0.224 bits per heavy atom. The Bertz CT molecular complexity index is 3570. The van der Waals surface area contributed by atoms with Gasteiger partial charge in [0, 0.05) is 33.4 Å². The monoisotopic (exact) mass is 1390 g/mol. The van der Waals surface area contributed by atoms with Gasteiger partial charge in [-0.1, -0.05) is 73.5 Å². The number of rotatable bonds is 0. The Hall–Kier alpha value is -8.02. The molecular weight excluding hydrogens is 1300 g/mol. The van der Waals surface area contributed by atoms with Gasteiger partial charge in [-0.05, 0) is 279 Å². The first-order valence-electron chi connectivity index (χ1n) is 31.4. The highest BCUT2D eigenvalue weighted by Gasteiger charge is 2.20. The third-order valence-corrected chi connectivity index (χ3v) is 15.6. The topological polar surface area (TPSA) is 0 Å². The molecule has 0 nitrogen and oxygen atoms in total. The zero-order valence-electron chi connectivity index (χ0n) is 59.4. The van der Waals surface area contributed by atoms with Gasteiger partial charge in [0.2, 0.25) is 0 Å². The number of aryl methyl sites for hydroxylation is 10. The quantitative estimate of drug-likeness (QED) is 0.0806. The van der Waals surface area contributed by atoms with Crippen LogP contribution < -0.4 is 0 Å². The lowest BCUT2D eigenvalue weighted by atomic mass is 9.92. The first kappa shape index (κ1) is 88.0. The van der Waals surface area contributed by atoms with Crippen LogP contribution in [-0.4, -0.2) is 0 Å². The first-order chi connectivity index (χ1) is 45.4. The highest BCUT2D eigenvalue weighted by atomic mass is 19.2. The summed E-state index contributed by atoms with van der Waals surface area (Å²) in [7, 11) is 0. The van der Waals surface area contributed by atoms with Crippen molar-refractivity contribution < 1.29 is 79.0 Å². The van der Waals surface area contributed by atoms with Crippen molar-refractivity contribution in [3.8, 4) is 0 Å². The van der Waals surface area contributed by atoms with Gasteiger partial charge in [-0.2, -0.15) is 0 Å². The molecule has 98 heavy (non-hydrogen) atoms. The van der Waals surface area contributed by atoms with Gasteiger partial charge in [0.05, 0.1) is 0 Å². The fourth-order valence-electron chi connectivity index (χ4n) is 8.33. The summed E-state index contributed by atoms with van der Waals surface area (Å²) in [6.45, 7) is 32.6. The second kappa shape index (κ2) is 42.1. The van der Waals surface area contributed by atoms with Crippen molar-refractivity contribution in [3.63, 3.8) is 0 Å². The number of allylic oxidation sites excluding steroid dienone is 4. The minimum Gasteiger partial charge on any atom is -0.207 e. The average Bonchev–Trinajstić information content (AvgIpc) is 0.819. The maximum Gasteiger partial charge on any atom is 0.165 e. The highest BCUT2D eigenvalue weighted by molar-refractivity contribution is 5.31. The van der Waals surface area contributed by atoms with Crippen molar-refractivity contribution in [1.29, 1.82) is 0 Å². The molecule has 0 aromatic heterocycles. The molecule has 0 radical (unpaired) electrons. The molecule has 2 aliphatic rings. The van der Waals surface area contributed by atoms with Gasteiger partial charge in [0.15, 0.2) is 58.2 Å². The molecule has 0 fully saturated rings. The van der Waals surface area contributed by atoms with Gasteiger partial charge in [-0.25, -0.2) is 79.0 Å². The Kier molecular flexibility index (Phi) is 37.8. The van der Waals surface area contributed by atoms with Crippen LogP contribution in [0.1, 0.15) is 155 Å². The van der Waals surface area contributed by atoms with Gasteiger partial charge >= 0.3 is 0 Å². The van der Waals surface area contributed by atoms with Crippen LogP contribution >= 0.6 is 0 Å². The average molecular weight is 1390 g/mol. The zero-order chi connectivity index (χ0) is 75.5. The van der Waals surface area contributed by atoms with E-state index in [1.165, 1.54) is 130 Å². The Morgan fingerprint density at radius 2 is 0.449 bits per heavy atom. The SMILES string of the molecule is CC1=CCC(C)CC1.CC1=CCC(C)CC1.Cc1c(F)c(F)c(C)c(F)c1F.Cc1cc(F)c(C)c(F)c1.Cc1cc(F)c(C)c(F)c1.Cc1cc(F)c(C)c(F)c1F.Cc1cc(F)c(C)c(F)c1F.Cc1ccc(C)c(F)c1.Cc1ccc(C)c(F)c1.Cc1ccc(C)c(F)c1F. The zero-order valence-corrected chi connectivity index (χ0v) is 59.4. The minimum absolute atomic E-state index is 0.00870. The molecule has 8 aromatic rings. The van der Waals surface area contributed by atoms with Gasteiger partial charge in [0.25, 0.3) is 0 Å². The molecule has 2 unspecified atom stereocenters. The van der Waals surface area contributed by atoms with E-state index in [0.29, 0.717) is 33.4 Å². The lowest BCUT2D eigenvalue weighted by molar-refractivity contribution is 0.436. The molecule has 536 valence electrons. The van der Waals surface area contributed by atoms with Crippen molar-refractivity contribution in [2.45, 2.75) is 177 Å². The normalized spacial score (nSPS) is 13.3. The van der Waals surface area contributed by atoms with Gasteiger partial charge in [-0.15, -0.1) is 0 Å². The summed E-state index contributed by atoms with van der Waals surface area (Å²) < 4.78 is 227. The van der Waals surface area contributed by atoms with Crippen LogP contribution in [-0.2, 0) is 0 Å². The highest BCUT2D eigenvalue weighted by Crippen LogP contribution is 2.26. The van der Waals surface area contributed by atoms with Crippen LogP contribution in [0.4, 0.5) is 79.0 Å². The van der Waals surface area contributed by atoms with Crippen LogP contribution in [0.3, 0.4) is 0 Å². The fraction of sp³-hybridized carbons (Fsp3) is 0.350. The molecule has 0 N–H and O–H groups in total. The second-order valence-electron chi connectivity index (χ2n) is 24.8. The van der Waals surface area contributed by atoms with Crippen molar-refractivity contribution in [2.75, 3.05) is 0 Å². The van der Waals surface area contributed by atoms with Gasteiger partial charge in [-0.3, -0.25) is 0 Å².